The summed E-state index contributed by atoms with van der Waals surface area (Å²) < 4.78 is 12.9. The Kier molecular flexibility index (Phi) is 10.6. The molecule has 0 saturated carbocycles. The van der Waals surface area contributed by atoms with Gasteiger partial charge in [0.25, 0.3) is 0 Å². The molecule has 0 aliphatic heterocycles. The van der Waals surface area contributed by atoms with E-state index in [0.29, 0.717) is 38.0 Å². The maximum atomic E-state index is 12.4. The van der Waals surface area contributed by atoms with Crippen LogP contribution in [0.25, 0.3) is 0 Å². The number of ether oxygens (including phenoxy) is 1. The summed E-state index contributed by atoms with van der Waals surface area (Å²) >= 11 is 0. The van der Waals surface area contributed by atoms with Gasteiger partial charge >= 0.3 is 5.97 Å². The van der Waals surface area contributed by atoms with Gasteiger partial charge in [0.1, 0.15) is 0 Å². The molecule has 1 aromatic carbocycles. The summed E-state index contributed by atoms with van der Waals surface area (Å²) in [5.41, 5.74) is 0.539. The van der Waals surface area contributed by atoms with Crippen LogP contribution in [0.2, 0.25) is 37.8 Å². The minimum atomic E-state index is -1.97. The average Bonchev–Trinajstić information content (AvgIpc) is 2.69. The molecule has 1 aromatic rings. The van der Waals surface area contributed by atoms with E-state index >= 15 is 0 Å². The maximum absolute atomic E-state index is 12.4. The molecule has 0 amide bonds. The second-order valence-corrected chi connectivity index (χ2v) is 20.8. The van der Waals surface area contributed by atoms with E-state index in [-0.39, 0.29) is 17.1 Å². The number of benzene rings is 1. The van der Waals surface area contributed by atoms with Crippen LogP contribution < -0.4 is 0 Å². The van der Waals surface area contributed by atoms with Gasteiger partial charge in [0, 0.05) is 12.8 Å². The summed E-state index contributed by atoms with van der Waals surface area (Å²) in [6.07, 6.45) is 3.37. The molecular formula is C25H43NO4Si2. The highest BCUT2D eigenvalue weighted by Gasteiger charge is 2.41. The largest absolute Gasteiger partial charge is 0.624 e. The van der Waals surface area contributed by atoms with Crippen LogP contribution in [0.15, 0.2) is 42.1 Å². The Morgan fingerprint density at radius 1 is 1.16 bits per heavy atom. The molecule has 32 heavy (non-hydrogen) atoms. The molecule has 0 bridgehead atoms. The maximum Gasteiger partial charge on any atom is 0.338 e. The molecule has 0 aliphatic carbocycles. The van der Waals surface area contributed by atoms with E-state index in [9.17, 15) is 10.0 Å². The summed E-state index contributed by atoms with van der Waals surface area (Å²) in [6.45, 7) is 23.0. The summed E-state index contributed by atoms with van der Waals surface area (Å²) in [5, 5.41) is 13.7. The highest BCUT2D eigenvalue weighted by Crippen LogP contribution is 2.39. The predicted molar refractivity (Wildman–Crippen MR) is 140 cm³/mol. The van der Waals surface area contributed by atoms with Crippen molar-refractivity contribution in [1.29, 1.82) is 0 Å². The highest BCUT2D eigenvalue weighted by molar-refractivity contribution is 6.83. The van der Waals surface area contributed by atoms with E-state index < -0.39 is 16.4 Å². The number of unbranched alkanes of at least 4 members (excludes halogenated alkanes) is 1. The molecule has 0 aliphatic rings. The van der Waals surface area contributed by atoms with Crippen molar-refractivity contribution in [3.63, 3.8) is 0 Å². The first-order valence-electron chi connectivity index (χ1n) is 11.5. The molecule has 0 heterocycles. The zero-order valence-corrected chi connectivity index (χ0v) is 23.4. The van der Waals surface area contributed by atoms with E-state index in [1.807, 2.05) is 6.07 Å². The number of carbonyl (C=O) groups excluding carboxylic acids is 1. The zero-order valence-electron chi connectivity index (χ0n) is 21.4. The first kappa shape index (κ1) is 28.3. The van der Waals surface area contributed by atoms with Crippen LogP contribution >= 0.6 is 0 Å². The predicted octanol–water partition coefficient (Wildman–Crippen LogP) is 6.42. The zero-order chi connectivity index (χ0) is 24.6. The van der Waals surface area contributed by atoms with Gasteiger partial charge in [0.15, 0.2) is 21.1 Å². The quantitative estimate of drug-likeness (QED) is 0.0663. The standard InChI is InChI=1S/C25H43NO4Si2/c1-21(31(5,6)7)23(30-32(8,9)25(2,3)4)17-19-26(28)18-13-14-20-29-24(27)22-15-11-10-12-16-22/h10-12,15-16,18,23H,1,13-14,17,19-20H2,2-9H3/b26-18-. The lowest BCUT2D eigenvalue weighted by Crippen LogP contribution is -2.47. The Morgan fingerprint density at radius 3 is 2.28 bits per heavy atom. The Hall–Kier alpha value is -1.71. The molecule has 0 N–H and O–H groups in total. The van der Waals surface area contributed by atoms with E-state index in [1.165, 1.54) is 5.20 Å². The summed E-state index contributed by atoms with van der Waals surface area (Å²) in [7, 11) is -3.58. The Labute approximate surface area is 197 Å². The minimum Gasteiger partial charge on any atom is -0.624 e. The van der Waals surface area contributed by atoms with Gasteiger partial charge in [-0.3, -0.25) is 0 Å². The lowest BCUT2D eigenvalue weighted by atomic mass is 10.2. The number of carbonyl (C=O) groups is 1. The normalized spacial score (nSPS) is 14.2. The molecule has 0 fully saturated rings. The number of nitrogens with zero attached hydrogens (tertiary/aromatic N) is 1. The van der Waals surface area contributed by atoms with E-state index in [1.54, 1.807) is 30.5 Å². The fourth-order valence-electron chi connectivity index (χ4n) is 2.80. The average molecular weight is 478 g/mol. The molecular weight excluding hydrogens is 434 g/mol. The molecule has 180 valence electrons. The van der Waals surface area contributed by atoms with Crippen LogP contribution in [0.4, 0.5) is 0 Å². The lowest BCUT2D eigenvalue weighted by Gasteiger charge is -2.41. The topological polar surface area (TPSA) is 61.6 Å². The number of rotatable bonds is 12. The van der Waals surface area contributed by atoms with Gasteiger partial charge in [-0.2, -0.15) is 0 Å². The monoisotopic (exact) mass is 477 g/mol. The molecule has 7 heteroatoms. The smallest absolute Gasteiger partial charge is 0.338 e. The molecule has 5 nitrogen and oxygen atoms in total. The SMILES string of the molecule is C=C(C(CC/[N+]([O-])=C/CCCOC(=O)c1ccccc1)O[Si](C)(C)C(C)(C)C)[Si](C)(C)C. The van der Waals surface area contributed by atoms with E-state index in [2.05, 4.69) is 60.1 Å². The first-order valence-corrected chi connectivity index (χ1v) is 17.9. The number of hydrogen-bond acceptors (Lipinski definition) is 4. The second-order valence-electron chi connectivity index (χ2n) is 10.9. The molecule has 0 spiro atoms. The summed E-state index contributed by atoms with van der Waals surface area (Å²) in [5.74, 6) is -0.333. The first-order chi connectivity index (χ1) is 14.6. The molecule has 0 aromatic heterocycles. The summed E-state index contributed by atoms with van der Waals surface area (Å²) in [4.78, 5) is 11.9. The Balaban J connectivity index is 2.58. The van der Waals surface area contributed by atoms with Crippen molar-refractivity contribution in [1.82, 2.24) is 0 Å². The van der Waals surface area contributed by atoms with Crippen molar-refractivity contribution in [2.45, 2.75) is 83.9 Å². The van der Waals surface area contributed by atoms with Crippen LogP contribution in [0, 0.1) is 5.21 Å². The highest BCUT2D eigenvalue weighted by atomic mass is 28.4. The number of hydroxylamine groups is 1. The minimum absolute atomic E-state index is 0.0840. The summed E-state index contributed by atoms with van der Waals surface area (Å²) in [6, 6.07) is 8.92. The van der Waals surface area contributed by atoms with Crippen LogP contribution in [0.5, 0.6) is 0 Å². The molecule has 0 saturated heterocycles. The van der Waals surface area contributed by atoms with Crippen LogP contribution in [-0.4, -0.2) is 52.6 Å². The van der Waals surface area contributed by atoms with Gasteiger partial charge in [-0.15, -0.1) is 6.58 Å². The van der Waals surface area contributed by atoms with Gasteiger partial charge in [-0.05, 0) is 36.7 Å². The van der Waals surface area contributed by atoms with Crippen molar-refractivity contribution in [2.24, 2.45) is 0 Å². The van der Waals surface area contributed by atoms with Crippen molar-refractivity contribution < 1.29 is 18.7 Å². The van der Waals surface area contributed by atoms with Gasteiger partial charge < -0.3 is 14.4 Å². The van der Waals surface area contributed by atoms with E-state index in [0.717, 1.165) is 4.74 Å². The Morgan fingerprint density at radius 2 is 1.75 bits per heavy atom. The van der Waals surface area contributed by atoms with Gasteiger partial charge in [-0.25, -0.2) is 9.53 Å². The second kappa shape index (κ2) is 12.0. The third kappa shape index (κ3) is 9.42. The van der Waals surface area contributed by atoms with Crippen molar-refractivity contribution in [2.75, 3.05) is 13.2 Å². The molecule has 0 radical (unpaired) electrons. The van der Waals surface area contributed by atoms with Crippen LogP contribution in [-0.2, 0) is 9.16 Å². The molecule has 1 unspecified atom stereocenters. The van der Waals surface area contributed by atoms with Crippen molar-refractivity contribution >= 4 is 28.6 Å². The Bertz CT molecular complexity index is 777. The molecule has 1 rings (SSSR count). The fraction of sp³-hybridized carbons (Fsp3) is 0.600. The third-order valence-corrected chi connectivity index (χ3v) is 12.9. The van der Waals surface area contributed by atoms with Crippen molar-refractivity contribution in [3.05, 3.63) is 52.9 Å². The van der Waals surface area contributed by atoms with Gasteiger partial charge in [0.2, 0.25) is 0 Å². The van der Waals surface area contributed by atoms with E-state index in [4.69, 9.17) is 9.16 Å². The number of hydrogen-bond donors (Lipinski definition) is 0. The van der Waals surface area contributed by atoms with Crippen LogP contribution in [0.3, 0.4) is 0 Å². The number of esters is 1. The fourth-order valence-corrected chi connectivity index (χ4v) is 5.41. The third-order valence-electron chi connectivity index (χ3n) is 6.13. The van der Waals surface area contributed by atoms with Crippen LogP contribution in [0.1, 0.15) is 50.4 Å². The van der Waals surface area contributed by atoms with Gasteiger partial charge in [-0.1, -0.05) is 63.8 Å². The lowest BCUT2D eigenvalue weighted by molar-refractivity contribution is -0.455. The van der Waals surface area contributed by atoms with Gasteiger partial charge in [0.05, 0.1) is 26.3 Å². The van der Waals surface area contributed by atoms with Crippen molar-refractivity contribution in [3.8, 4) is 0 Å². The molecule has 1 atom stereocenters.